The summed E-state index contributed by atoms with van der Waals surface area (Å²) >= 11 is 0. The highest BCUT2D eigenvalue weighted by Gasteiger charge is 2.06. The summed E-state index contributed by atoms with van der Waals surface area (Å²) in [6.07, 6.45) is 3.20. The average molecular weight is 300 g/mol. The fourth-order valence-corrected chi connectivity index (χ4v) is 2.29. The minimum atomic E-state index is -0.724. The number of rotatable bonds is 8. The predicted molar refractivity (Wildman–Crippen MR) is 89.2 cm³/mol. The van der Waals surface area contributed by atoms with E-state index in [-0.39, 0.29) is 0 Å². The van der Waals surface area contributed by atoms with Crippen LogP contribution in [-0.4, -0.2) is 18.5 Å². The molecule has 1 unspecified atom stereocenters. The molecular formula is C19H24O3. The van der Waals surface area contributed by atoms with Gasteiger partial charge in [-0.1, -0.05) is 44.0 Å². The highest BCUT2D eigenvalue weighted by Crippen LogP contribution is 2.25. The van der Waals surface area contributed by atoms with Crippen molar-refractivity contribution in [1.82, 2.24) is 0 Å². The zero-order chi connectivity index (χ0) is 15.8. The van der Waals surface area contributed by atoms with Gasteiger partial charge in [0.25, 0.3) is 0 Å². The number of aliphatic hydroxyl groups is 1. The van der Waals surface area contributed by atoms with Crippen LogP contribution in [0.5, 0.6) is 11.5 Å². The quantitative estimate of drug-likeness (QED) is 0.570. The second-order valence-electron chi connectivity index (χ2n) is 5.32. The summed E-state index contributed by atoms with van der Waals surface area (Å²) in [5.41, 5.74) is 2.23. The summed E-state index contributed by atoms with van der Waals surface area (Å²) in [6, 6.07) is 15.7. The zero-order valence-electron chi connectivity index (χ0n) is 13.3. The van der Waals surface area contributed by atoms with E-state index in [0.29, 0.717) is 12.2 Å². The van der Waals surface area contributed by atoms with E-state index in [1.165, 1.54) is 0 Å². The number of ether oxygens (including phenoxy) is 2. The van der Waals surface area contributed by atoms with Crippen LogP contribution < -0.4 is 9.47 Å². The van der Waals surface area contributed by atoms with Crippen LogP contribution in [-0.2, 0) is 0 Å². The van der Waals surface area contributed by atoms with Gasteiger partial charge in [0.15, 0.2) is 6.29 Å². The van der Waals surface area contributed by atoms with Gasteiger partial charge < -0.3 is 14.6 Å². The molecule has 0 aliphatic rings. The van der Waals surface area contributed by atoms with Gasteiger partial charge >= 0.3 is 0 Å². The molecule has 3 nitrogen and oxygen atoms in total. The molecule has 0 aliphatic carbocycles. The molecule has 0 aliphatic heterocycles. The molecule has 2 aromatic rings. The van der Waals surface area contributed by atoms with Crippen LogP contribution >= 0.6 is 0 Å². The van der Waals surface area contributed by atoms with Crippen LogP contribution in [0.15, 0.2) is 48.5 Å². The Bertz CT molecular complexity index is 546. The van der Waals surface area contributed by atoms with Gasteiger partial charge in [-0.2, -0.15) is 0 Å². The molecule has 0 aromatic heterocycles. The fourth-order valence-electron chi connectivity index (χ4n) is 2.29. The van der Waals surface area contributed by atoms with Gasteiger partial charge in [0.05, 0.1) is 7.11 Å². The van der Waals surface area contributed by atoms with Gasteiger partial charge in [0, 0.05) is 6.42 Å². The Kier molecular flexibility index (Phi) is 6.28. The van der Waals surface area contributed by atoms with E-state index in [2.05, 4.69) is 6.92 Å². The Balaban J connectivity index is 1.94. The molecule has 0 heterocycles. The van der Waals surface area contributed by atoms with E-state index >= 15 is 0 Å². The Morgan fingerprint density at radius 3 is 1.91 bits per heavy atom. The van der Waals surface area contributed by atoms with Crippen LogP contribution in [0.3, 0.4) is 0 Å². The first-order valence-corrected chi connectivity index (χ1v) is 7.82. The number of benzene rings is 2. The van der Waals surface area contributed by atoms with Crippen LogP contribution in [0.4, 0.5) is 0 Å². The topological polar surface area (TPSA) is 38.7 Å². The van der Waals surface area contributed by atoms with Crippen molar-refractivity contribution in [2.75, 3.05) is 7.11 Å². The summed E-state index contributed by atoms with van der Waals surface area (Å²) in [6.45, 7) is 2.14. The second kappa shape index (κ2) is 8.44. The predicted octanol–water partition coefficient (Wildman–Crippen LogP) is 4.64. The molecule has 0 saturated heterocycles. The second-order valence-corrected chi connectivity index (χ2v) is 5.32. The summed E-state index contributed by atoms with van der Waals surface area (Å²) in [4.78, 5) is 0. The van der Waals surface area contributed by atoms with E-state index in [1.54, 1.807) is 7.11 Å². The minimum Gasteiger partial charge on any atom is -0.497 e. The van der Waals surface area contributed by atoms with Gasteiger partial charge in [0.2, 0.25) is 0 Å². The zero-order valence-corrected chi connectivity index (χ0v) is 13.3. The first kappa shape index (κ1) is 16.4. The molecule has 22 heavy (non-hydrogen) atoms. The van der Waals surface area contributed by atoms with E-state index < -0.39 is 6.29 Å². The summed E-state index contributed by atoms with van der Waals surface area (Å²) < 4.78 is 10.7. The standard InChI is InChI=1S/C19H24O3/c1-3-4-5-6-19(20)22-18-13-9-16(10-14-18)15-7-11-17(21-2)12-8-15/h7-14,19-20H,3-6H2,1-2H3. The summed E-state index contributed by atoms with van der Waals surface area (Å²) in [5.74, 6) is 1.54. The van der Waals surface area contributed by atoms with Crippen LogP contribution in [0.2, 0.25) is 0 Å². The Morgan fingerprint density at radius 2 is 1.41 bits per heavy atom. The molecule has 0 radical (unpaired) electrons. The fraction of sp³-hybridized carbons (Fsp3) is 0.368. The molecular weight excluding hydrogens is 276 g/mol. The Morgan fingerprint density at radius 1 is 0.864 bits per heavy atom. The largest absolute Gasteiger partial charge is 0.497 e. The number of unbranched alkanes of at least 4 members (excludes halogenated alkanes) is 2. The number of hydrogen-bond donors (Lipinski definition) is 1. The molecule has 0 saturated carbocycles. The molecule has 0 spiro atoms. The third-order valence-electron chi connectivity index (χ3n) is 3.60. The monoisotopic (exact) mass is 300 g/mol. The molecule has 0 amide bonds. The van der Waals surface area contributed by atoms with Crippen LogP contribution in [0.25, 0.3) is 11.1 Å². The van der Waals surface area contributed by atoms with E-state index in [1.807, 2.05) is 48.5 Å². The van der Waals surface area contributed by atoms with Crippen molar-refractivity contribution in [2.24, 2.45) is 0 Å². The van der Waals surface area contributed by atoms with Gasteiger partial charge in [-0.25, -0.2) is 0 Å². The number of aliphatic hydroxyl groups excluding tert-OH is 1. The van der Waals surface area contributed by atoms with Crippen molar-refractivity contribution in [1.29, 1.82) is 0 Å². The first-order valence-electron chi connectivity index (χ1n) is 7.82. The van der Waals surface area contributed by atoms with Crippen molar-refractivity contribution in [3.05, 3.63) is 48.5 Å². The SMILES string of the molecule is CCCCCC(O)Oc1ccc(-c2ccc(OC)cc2)cc1. The lowest BCUT2D eigenvalue weighted by Crippen LogP contribution is -2.15. The third-order valence-corrected chi connectivity index (χ3v) is 3.60. The highest BCUT2D eigenvalue weighted by molar-refractivity contribution is 5.64. The lowest BCUT2D eigenvalue weighted by atomic mass is 10.1. The number of methoxy groups -OCH3 is 1. The lowest BCUT2D eigenvalue weighted by Gasteiger charge is -2.13. The summed E-state index contributed by atoms with van der Waals surface area (Å²) in [5, 5.41) is 9.84. The minimum absolute atomic E-state index is 0.675. The van der Waals surface area contributed by atoms with Crippen molar-refractivity contribution in [2.45, 2.75) is 38.9 Å². The van der Waals surface area contributed by atoms with Crippen molar-refractivity contribution < 1.29 is 14.6 Å². The highest BCUT2D eigenvalue weighted by atomic mass is 16.6. The van der Waals surface area contributed by atoms with E-state index in [0.717, 1.165) is 36.1 Å². The maximum atomic E-state index is 9.84. The first-order chi connectivity index (χ1) is 10.7. The molecule has 0 bridgehead atoms. The maximum Gasteiger partial charge on any atom is 0.197 e. The van der Waals surface area contributed by atoms with Crippen molar-refractivity contribution in [3.8, 4) is 22.6 Å². The molecule has 1 N–H and O–H groups in total. The molecule has 2 aromatic carbocycles. The third kappa shape index (κ3) is 4.78. The van der Waals surface area contributed by atoms with Gasteiger partial charge in [0.1, 0.15) is 11.5 Å². The van der Waals surface area contributed by atoms with Crippen molar-refractivity contribution >= 4 is 0 Å². The normalized spacial score (nSPS) is 12.0. The Labute approximate surface area is 132 Å². The molecule has 1 atom stereocenters. The summed E-state index contributed by atoms with van der Waals surface area (Å²) in [7, 11) is 1.66. The molecule has 2 rings (SSSR count). The van der Waals surface area contributed by atoms with Gasteiger partial charge in [-0.3, -0.25) is 0 Å². The molecule has 0 fully saturated rings. The van der Waals surface area contributed by atoms with Gasteiger partial charge in [-0.05, 0) is 41.8 Å². The lowest BCUT2D eigenvalue weighted by molar-refractivity contribution is -0.0245. The molecule has 3 heteroatoms. The smallest absolute Gasteiger partial charge is 0.197 e. The molecule has 118 valence electrons. The van der Waals surface area contributed by atoms with E-state index in [4.69, 9.17) is 9.47 Å². The van der Waals surface area contributed by atoms with E-state index in [9.17, 15) is 5.11 Å². The van der Waals surface area contributed by atoms with Crippen LogP contribution in [0, 0.1) is 0 Å². The number of hydrogen-bond acceptors (Lipinski definition) is 3. The Hall–Kier alpha value is -2.00. The maximum absolute atomic E-state index is 9.84. The van der Waals surface area contributed by atoms with Crippen molar-refractivity contribution in [3.63, 3.8) is 0 Å². The van der Waals surface area contributed by atoms with Gasteiger partial charge in [-0.15, -0.1) is 0 Å². The van der Waals surface area contributed by atoms with Crippen LogP contribution in [0.1, 0.15) is 32.6 Å². The average Bonchev–Trinajstić information content (AvgIpc) is 2.56.